The third-order valence-corrected chi connectivity index (χ3v) is 4.48. The summed E-state index contributed by atoms with van der Waals surface area (Å²) in [4.78, 5) is 16.6. The van der Waals surface area contributed by atoms with Crippen molar-refractivity contribution in [2.24, 2.45) is 0 Å². The molecular weight excluding hydrogens is 356 g/mol. The summed E-state index contributed by atoms with van der Waals surface area (Å²) in [6, 6.07) is 8.62. The molecule has 1 saturated heterocycles. The van der Waals surface area contributed by atoms with Gasteiger partial charge in [-0.15, -0.1) is 0 Å². The Hall–Kier alpha value is -2.93. The second-order valence-electron chi connectivity index (χ2n) is 7.09. The number of hydrogen-bond acceptors (Lipinski definition) is 6. The zero-order valence-electron chi connectivity index (χ0n) is 16.2. The van der Waals surface area contributed by atoms with Gasteiger partial charge in [0, 0.05) is 41.9 Å². The average molecular weight is 382 g/mol. The molecule has 1 amide bonds. The largest absolute Gasteiger partial charge is 0.474 e. The second kappa shape index (κ2) is 8.84. The number of ether oxygens (including phenoxy) is 2. The van der Waals surface area contributed by atoms with Gasteiger partial charge in [0.1, 0.15) is 6.10 Å². The Bertz CT molecular complexity index is 860. The molecule has 0 atom stereocenters. The summed E-state index contributed by atoms with van der Waals surface area (Å²) in [5.41, 5.74) is 8.26. The Labute approximate surface area is 164 Å². The number of carbonyl (C=O) groups is 1. The number of nitrogens with one attached hydrogen (secondary N) is 2. The Kier molecular flexibility index (Phi) is 6.26. The fourth-order valence-electron chi connectivity index (χ4n) is 3.05. The van der Waals surface area contributed by atoms with E-state index in [1.807, 2.05) is 13.8 Å². The summed E-state index contributed by atoms with van der Waals surface area (Å²) < 4.78 is 11.4. The van der Waals surface area contributed by atoms with E-state index in [1.165, 1.54) is 0 Å². The fourth-order valence-corrected chi connectivity index (χ4v) is 3.05. The van der Waals surface area contributed by atoms with Crippen molar-refractivity contribution in [3.8, 4) is 5.88 Å². The monoisotopic (exact) mass is 382 g/mol. The van der Waals surface area contributed by atoms with Crippen LogP contribution in [-0.2, 0) is 4.74 Å². The lowest BCUT2D eigenvalue weighted by Crippen LogP contribution is -2.30. The average Bonchev–Trinajstić information content (AvgIpc) is 2.68. The zero-order chi connectivity index (χ0) is 20.1. The number of pyridine rings is 1. The first-order chi connectivity index (χ1) is 13.5. The summed E-state index contributed by atoms with van der Waals surface area (Å²) in [5, 5.41) is 11.6. The number of nitrogens with two attached hydrogens (primary N) is 1. The highest BCUT2D eigenvalue weighted by atomic mass is 16.5. The lowest BCUT2D eigenvalue weighted by atomic mass is 9.99. The topological polar surface area (TPSA) is 110 Å². The summed E-state index contributed by atoms with van der Waals surface area (Å²) in [7, 11) is 0. The number of nitrogens with zero attached hydrogens (tertiary/aromatic N) is 1. The van der Waals surface area contributed by atoms with E-state index in [1.54, 1.807) is 36.5 Å². The Morgan fingerprint density at radius 2 is 2.00 bits per heavy atom. The first-order valence-corrected chi connectivity index (χ1v) is 9.45. The minimum absolute atomic E-state index is 0.0160. The molecule has 0 unspecified atom stereocenters. The van der Waals surface area contributed by atoms with E-state index in [2.05, 4.69) is 10.3 Å². The molecule has 1 aromatic carbocycles. The second-order valence-corrected chi connectivity index (χ2v) is 7.09. The number of nitrogen functional groups attached to an aromatic ring is 1. The summed E-state index contributed by atoms with van der Waals surface area (Å²) in [6.45, 7) is 5.10. The van der Waals surface area contributed by atoms with Gasteiger partial charge in [-0.2, -0.15) is 0 Å². The van der Waals surface area contributed by atoms with Crippen molar-refractivity contribution in [3.05, 3.63) is 53.2 Å². The highest BCUT2D eigenvalue weighted by Crippen LogP contribution is 2.27. The third-order valence-electron chi connectivity index (χ3n) is 4.48. The van der Waals surface area contributed by atoms with Crippen LogP contribution in [0, 0.1) is 5.41 Å². The minimum Gasteiger partial charge on any atom is -0.474 e. The normalized spacial score (nSPS) is 14.7. The quantitative estimate of drug-likeness (QED) is 0.666. The Balaban J connectivity index is 1.89. The van der Waals surface area contributed by atoms with Crippen LogP contribution in [0.4, 0.5) is 5.69 Å². The highest BCUT2D eigenvalue weighted by Gasteiger charge is 2.22. The highest BCUT2D eigenvalue weighted by molar-refractivity contribution is 6.16. The van der Waals surface area contributed by atoms with Gasteiger partial charge in [0.2, 0.25) is 5.88 Å². The number of rotatable bonds is 6. The van der Waals surface area contributed by atoms with Gasteiger partial charge in [-0.3, -0.25) is 10.2 Å². The molecule has 1 aliphatic rings. The van der Waals surface area contributed by atoms with Crippen LogP contribution in [0.1, 0.15) is 48.2 Å². The molecule has 28 heavy (non-hydrogen) atoms. The number of aromatic nitrogens is 1. The van der Waals surface area contributed by atoms with Crippen LogP contribution in [0.5, 0.6) is 5.88 Å². The number of carbonyl (C=O) groups excluding carboxylic acids is 1. The van der Waals surface area contributed by atoms with Crippen LogP contribution in [0.25, 0.3) is 0 Å². The van der Waals surface area contributed by atoms with Gasteiger partial charge in [0.25, 0.3) is 5.91 Å². The molecule has 2 heterocycles. The van der Waals surface area contributed by atoms with Crippen LogP contribution >= 0.6 is 0 Å². The molecular formula is C21H26N4O3. The van der Waals surface area contributed by atoms with Gasteiger partial charge in [-0.25, -0.2) is 4.98 Å². The van der Waals surface area contributed by atoms with Crippen LogP contribution in [0.3, 0.4) is 0 Å². The third kappa shape index (κ3) is 4.67. The number of anilines is 1. The van der Waals surface area contributed by atoms with Crippen molar-refractivity contribution in [1.82, 2.24) is 10.3 Å². The number of amides is 1. The molecule has 2 aromatic rings. The minimum atomic E-state index is -0.178. The van der Waals surface area contributed by atoms with Crippen LogP contribution in [0.2, 0.25) is 0 Å². The number of benzene rings is 1. The molecule has 1 aromatic heterocycles. The predicted octanol–water partition coefficient (Wildman–Crippen LogP) is 2.78. The molecule has 7 heteroatoms. The lowest BCUT2D eigenvalue weighted by Gasteiger charge is -2.24. The van der Waals surface area contributed by atoms with Crippen molar-refractivity contribution in [2.45, 2.75) is 38.8 Å². The number of hydrogen-bond donors (Lipinski definition) is 3. The van der Waals surface area contributed by atoms with Gasteiger partial charge in [-0.1, -0.05) is 12.1 Å². The van der Waals surface area contributed by atoms with Crippen LogP contribution in [0.15, 0.2) is 36.5 Å². The maximum Gasteiger partial charge on any atom is 0.251 e. The van der Waals surface area contributed by atoms with E-state index in [0.717, 1.165) is 12.8 Å². The molecule has 1 fully saturated rings. The van der Waals surface area contributed by atoms with Gasteiger partial charge >= 0.3 is 0 Å². The molecule has 0 spiro atoms. The Morgan fingerprint density at radius 1 is 1.29 bits per heavy atom. The molecule has 148 valence electrons. The van der Waals surface area contributed by atoms with E-state index in [-0.39, 0.29) is 23.8 Å². The summed E-state index contributed by atoms with van der Waals surface area (Å²) >= 11 is 0. The van der Waals surface area contributed by atoms with E-state index in [0.29, 0.717) is 41.5 Å². The first-order valence-electron chi connectivity index (χ1n) is 9.45. The standard InChI is InChI=1S/C21H26N4O3/c1-13(2)25-20(26)15-5-3-4-14(12-15)19(23)18-17(22)6-9-24-21(18)28-16-7-10-27-11-8-16/h3-6,9,12-13,16,23H,7-8,10-11H2,1-2H3,(H2,22,24)(H,25,26). The molecule has 1 aliphatic heterocycles. The molecule has 0 aliphatic carbocycles. The molecule has 7 nitrogen and oxygen atoms in total. The van der Waals surface area contributed by atoms with Gasteiger partial charge in [0.15, 0.2) is 0 Å². The van der Waals surface area contributed by atoms with Crippen LogP contribution in [-0.4, -0.2) is 42.0 Å². The molecule has 0 saturated carbocycles. The van der Waals surface area contributed by atoms with Gasteiger partial charge in [-0.05, 0) is 32.0 Å². The van der Waals surface area contributed by atoms with Crippen molar-refractivity contribution in [1.29, 1.82) is 5.41 Å². The summed E-state index contributed by atoms with van der Waals surface area (Å²) in [5.74, 6) is 0.163. The van der Waals surface area contributed by atoms with Crippen LogP contribution < -0.4 is 15.8 Å². The molecule has 4 N–H and O–H groups in total. The van der Waals surface area contributed by atoms with Crippen molar-refractivity contribution in [3.63, 3.8) is 0 Å². The van der Waals surface area contributed by atoms with E-state index >= 15 is 0 Å². The van der Waals surface area contributed by atoms with E-state index in [9.17, 15) is 4.79 Å². The van der Waals surface area contributed by atoms with Crippen molar-refractivity contribution >= 4 is 17.3 Å². The maximum atomic E-state index is 12.3. The Morgan fingerprint density at radius 3 is 2.71 bits per heavy atom. The molecule has 3 rings (SSSR count). The van der Waals surface area contributed by atoms with E-state index in [4.69, 9.17) is 20.6 Å². The van der Waals surface area contributed by atoms with Crippen molar-refractivity contribution < 1.29 is 14.3 Å². The fraction of sp³-hybridized carbons (Fsp3) is 0.381. The maximum absolute atomic E-state index is 12.3. The first kappa shape index (κ1) is 19.8. The van der Waals surface area contributed by atoms with E-state index < -0.39 is 0 Å². The predicted molar refractivity (Wildman–Crippen MR) is 108 cm³/mol. The van der Waals surface area contributed by atoms with Gasteiger partial charge < -0.3 is 20.5 Å². The summed E-state index contributed by atoms with van der Waals surface area (Å²) in [6.07, 6.45) is 3.10. The SMILES string of the molecule is CC(C)NC(=O)c1cccc(C(=N)c2c(N)ccnc2OC2CCOCC2)c1. The lowest BCUT2D eigenvalue weighted by molar-refractivity contribution is 0.0237. The smallest absolute Gasteiger partial charge is 0.251 e. The van der Waals surface area contributed by atoms with Crippen molar-refractivity contribution in [2.75, 3.05) is 18.9 Å². The molecule has 0 radical (unpaired) electrons. The zero-order valence-corrected chi connectivity index (χ0v) is 16.2. The van der Waals surface area contributed by atoms with Gasteiger partial charge in [0.05, 0.1) is 24.5 Å². The molecule has 0 bridgehead atoms.